The maximum Gasteiger partial charge on any atom is 0.243 e. The first-order chi connectivity index (χ1) is 12.6. The number of anilines is 1. The Labute approximate surface area is 160 Å². The zero-order valence-electron chi connectivity index (χ0n) is 16.0. The van der Waals surface area contributed by atoms with E-state index in [9.17, 15) is 17.6 Å². The summed E-state index contributed by atoms with van der Waals surface area (Å²) in [6, 6.07) is 10.4. The van der Waals surface area contributed by atoms with Crippen LogP contribution in [0.15, 0.2) is 42.5 Å². The number of halogens is 1. The molecule has 0 bridgehead atoms. The van der Waals surface area contributed by atoms with Crippen LogP contribution >= 0.6 is 0 Å². The lowest BCUT2D eigenvalue weighted by Gasteiger charge is -2.28. The number of rotatable bonds is 7. The van der Waals surface area contributed by atoms with Crippen LogP contribution in [0.2, 0.25) is 0 Å². The highest BCUT2D eigenvalue weighted by atomic mass is 32.2. The number of aryl methyl sites for hydroxylation is 2. The van der Waals surface area contributed by atoms with Gasteiger partial charge in [-0.3, -0.25) is 9.10 Å². The molecule has 0 aromatic heterocycles. The molecule has 0 aliphatic carbocycles. The molecule has 7 heteroatoms. The second-order valence-corrected chi connectivity index (χ2v) is 8.53. The normalized spacial score (nSPS) is 12.5. The van der Waals surface area contributed by atoms with Crippen LogP contribution < -0.4 is 9.62 Å². The van der Waals surface area contributed by atoms with Crippen molar-refractivity contribution in [3.05, 3.63) is 65.0 Å². The third kappa shape index (κ3) is 5.53. The van der Waals surface area contributed by atoms with Crippen molar-refractivity contribution in [1.29, 1.82) is 0 Å². The SMILES string of the molecule is Cc1ccc(N([C@H](C)C(=O)NCCc2ccc(F)cc2)S(C)(=O)=O)cc1C. The van der Waals surface area contributed by atoms with Crippen LogP contribution in [0.5, 0.6) is 0 Å². The molecule has 1 amide bonds. The largest absolute Gasteiger partial charge is 0.354 e. The molecule has 2 aromatic rings. The first-order valence-corrected chi connectivity index (χ1v) is 10.5. The second-order valence-electron chi connectivity index (χ2n) is 6.67. The Kier molecular flexibility index (Phi) is 6.59. The van der Waals surface area contributed by atoms with E-state index in [2.05, 4.69) is 5.32 Å². The summed E-state index contributed by atoms with van der Waals surface area (Å²) in [6.07, 6.45) is 1.62. The van der Waals surface area contributed by atoms with Crippen LogP contribution in [0.4, 0.5) is 10.1 Å². The number of nitrogens with zero attached hydrogens (tertiary/aromatic N) is 1. The topological polar surface area (TPSA) is 66.5 Å². The molecule has 0 saturated carbocycles. The summed E-state index contributed by atoms with van der Waals surface area (Å²) in [5.74, 6) is -0.700. The summed E-state index contributed by atoms with van der Waals surface area (Å²) >= 11 is 0. The minimum atomic E-state index is -3.64. The zero-order valence-corrected chi connectivity index (χ0v) is 16.8. The summed E-state index contributed by atoms with van der Waals surface area (Å²) < 4.78 is 38.7. The van der Waals surface area contributed by atoms with Gasteiger partial charge in [0.15, 0.2) is 0 Å². The predicted molar refractivity (Wildman–Crippen MR) is 106 cm³/mol. The minimum absolute atomic E-state index is 0.311. The highest BCUT2D eigenvalue weighted by molar-refractivity contribution is 7.92. The van der Waals surface area contributed by atoms with E-state index < -0.39 is 16.1 Å². The fourth-order valence-corrected chi connectivity index (χ4v) is 3.97. The van der Waals surface area contributed by atoms with Gasteiger partial charge in [-0.1, -0.05) is 18.2 Å². The molecule has 0 aliphatic heterocycles. The van der Waals surface area contributed by atoms with E-state index in [-0.39, 0.29) is 11.7 Å². The van der Waals surface area contributed by atoms with Crippen LogP contribution in [0.3, 0.4) is 0 Å². The van der Waals surface area contributed by atoms with Gasteiger partial charge in [0, 0.05) is 6.54 Å². The molecule has 0 saturated heterocycles. The summed E-state index contributed by atoms with van der Waals surface area (Å²) in [5, 5.41) is 2.76. The maximum absolute atomic E-state index is 12.9. The van der Waals surface area contributed by atoms with Crippen LogP contribution in [0, 0.1) is 19.7 Å². The fourth-order valence-electron chi connectivity index (χ4n) is 2.80. The average molecular weight is 392 g/mol. The lowest BCUT2D eigenvalue weighted by molar-refractivity contribution is -0.121. The molecule has 1 N–H and O–H groups in total. The van der Waals surface area contributed by atoms with E-state index >= 15 is 0 Å². The number of nitrogens with one attached hydrogen (secondary N) is 1. The smallest absolute Gasteiger partial charge is 0.243 e. The third-order valence-corrected chi connectivity index (χ3v) is 5.70. The molecule has 27 heavy (non-hydrogen) atoms. The van der Waals surface area contributed by atoms with Gasteiger partial charge in [0.25, 0.3) is 0 Å². The van der Waals surface area contributed by atoms with Crippen LogP contribution in [-0.2, 0) is 21.2 Å². The first-order valence-electron chi connectivity index (χ1n) is 8.68. The summed E-state index contributed by atoms with van der Waals surface area (Å²) in [7, 11) is -3.64. The van der Waals surface area contributed by atoms with E-state index in [1.807, 2.05) is 19.9 Å². The number of hydrogen-bond acceptors (Lipinski definition) is 3. The van der Waals surface area contributed by atoms with Crippen molar-refractivity contribution in [3.8, 4) is 0 Å². The number of carbonyl (C=O) groups is 1. The molecule has 0 radical (unpaired) electrons. The van der Waals surface area contributed by atoms with Crippen molar-refractivity contribution in [1.82, 2.24) is 5.32 Å². The maximum atomic E-state index is 12.9. The molecule has 0 aliphatic rings. The number of amides is 1. The summed E-state index contributed by atoms with van der Waals surface area (Å²) in [5.41, 5.74) is 3.34. The van der Waals surface area contributed by atoms with Gasteiger partial charge in [0.1, 0.15) is 11.9 Å². The second kappa shape index (κ2) is 8.52. The Bertz CT molecular complexity index is 911. The highest BCUT2D eigenvalue weighted by Gasteiger charge is 2.29. The molecular weight excluding hydrogens is 367 g/mol. The average Bonchev–Trinajstić information content (AvgIpc) is 2.58. The van der Waals surface area contributed by atoms with Crippen molar-refractivity contribution in [2.45, 2.75) is 33.2 Å². The molecule has 5 nitrogen and oxygen atoms in total. The van der Waals surface area contributed by atoms with Crippen molar-refractivity contribution in [2.24, 2.45) is 0 Å². The van der Waals surface area contributed by atoms with Crippen LogP contribution in [-0.4, -0.2) is 33.2 Å². The monoisotopic (exact) mass is 392 g/mol. The fraction of sp³-hybridized carbons (Fsp3) is 0.350. The molecule has 0 spiro atoms. The number of hydrogen-bond donors (Lipinski definition) is 1. The molecule has 0 heterocycles. The van der Waals surface area contributed by atoms with Gasteiger partial charge in [0.2, 0.25) is 15.9 Å². The summed E-state index contributed by atoms with van der Waals surface area (Å²) in [6.45, 7) is 5.73. The van der Waals surface area contributed by atoms with E-state index in [4.69, 9.17) is 0 Å². The molecule has 1 atom stereocenters. The van der Waals surface area contributed by atoms with Crippen LogP contribution in [0.1, 0.15) is 23.6 Å². The van der Waals surface area contributed by atoms with Crippen LogP contribution in [0.25, 0.3) is 0 Å². The number of benzene rings is 2. The first kappa shape index (κ1) is 20.9. The predicted octanol–water partition coefficient (Wildman–Crippen LogP) is 2.96. The van der Waals surface area contributed by atoms with Gasteiger partial charge >= 0.3 is 0 Å². The quantitative estimate of drug-likeness (QED) is 0.788. The lowest BCUT2D eigenvalue weighted by atomic mass is 10.1. The molecule has 2 rings (SSSR count). The van der Waals surface area contributed by atoms with Crippen molar-refractivity contribution in [2.75, 3.05) is 17.1 Å². The van der Waals surface area contributed by atoms with Gasteiger partial charge in [-0.05, 0) is 68.1 Å². The van der Waals surface area contributed by atoms with E-state index in [1.165, 1.54) is 12.1 Å². The Balaban J connectivity index is 2.10. The van der Waals surface area contributed by atoms with Gasteiger partial charge in [0.05, 0.1) is 11.9 Å². The van der Waals surface area contributed by atoms with E-state index in [0.29, 0.717) is 18.7 Å². The van der Waals surface area contributed by atoms with E-state index in [0.717, 1.165) is 27.3 Å². The molecule has 0 unspecified atom stereocenters. The van der Waals surface area contributed by atoms with Gasteiger partial charge < -0.3 is 5.32 Å². The van der Waals surface area contributed by atoms with Crippen molar-refractivity contribution >= 4 is 21.6 Å². The third-order valence-electron chi connectivity index (χ3n) is 4.46. The minimum Gasteiger partial charge on any atom is -0.354 e. The molecule has 0 fully saturated rings. The van der Waals surface area contributed by atoms with E-state index in [1.54, 1.807) is 31.2 Å². The molecule has 2 aromatic carbocycles. The van der Waals surface area contributed by atoms with Gasteiger partial charge in [-0.15, -0.1) is 0 Å². The zero-order chi connectivity index (χ0) is 20.2. The number of sulfonamides is 1. The Morgan fingerprint density at radius 3 is 2.30 bits per heavy atom. The van der Waals surface area contributed by atoms with Gasteiger partial charge in [-0.25, -0.2) is 12.8 Å². The number of carbonyl (C=O) groups excluding carboxylic acids is 1. The molecular formula is C20H25FN2O3S. The van der Waals surface area contributed by atoms with Gasteiger partial charge in [-0.2, -0.15) is 0 Å². The Morgan fingerprint density at radius 2 is 1.74 bits per heavy atom. The van der Waals surface area contributed by atoms with Crippen molar-refractivity contribution < 1.29 is 17.6 Å². The van der Waals surface area contributed by atoms with Crippen molar-refractivity contribution in [3.63, 3.8) is 0 Å². The molecule has 146 valence electrons. The highest BCUT2D eigenvalue weighted by Crippen LogP contribution is 2.23. The standard InChI is InChI=1S/C20H25FN2O3S/c1-14-5-10-19(13-15(14)2)23(27(4,25)26)16(3)20(24)22-12-11-17-6-8-18(21)9-7-17/h5-10,13,16H,11-12H2,1-4H3,(H,22,24)/t16-/m1/s1. The Hall–Kier alpha value is -2.41. The lowest BCUT2D eigenvalue weighted by Crippen LogP contribution is -2.48. The summed E-state index contributed by atoms with van der Waals surface area (Å²) in [4.78, 5) is 12.5. The Morgan fingerprint density at radius 1 is 1.11 bits per heavy atom.